The van der Waals surface area contributed by atoms with Gasteiger partial charge in [0.25, 0.3) is 15.9 Å². The Hall–Kier alpha value is -3.06. The summed E-state index contributed by atoms with van der Waals surface area (Å²) in [6.07, 6.45) is 2.65. The van der Waals surface area contributed by atoms with Crippen molar-refractivity contribution in [2.24, 2.45) is 5.92 Å². The Labute approximate surface area is 168 Å². The molecule has 0 aromatic heterocycles. The van der Waals surface area contributed by atoms with Crippen LogP contribution in [0.3, 0.4) is 0 Å². The van der Waals surface area contributed by atoms with Crippen molar-refractivity contribution in [2.75, 3.05) is 0 Å². The first kappa shape index (κ1) is 19.3. The zero-order chi connectivity index (χ0) is 21.0. The Morgan fingerprint density at radius 2 is 1.69 bits per heavy atom. The number of ketones is 1. The topological polar surface area (TPSA) is 71.5 Å². The number of benzene rings is 2. The summed E-state index contributed by atoms with van der Waals surface area (Å²) in [7, 11) is -4.28. The first-order chi connectivity index (χ1) is 13.7. The third-order valence-electron chi connectivity index (χ3n) is 5.54. The predicted molar refractivity (Wildman–Crippen MR) is 105 cm³/mol. The van der Waals surface area contributed by atoms with Crippen molar-refractivity contribution in [1.29, 1.82) is 0 Å². The SMILES string of the molecule is C=C1C(=O)N(S(=O)(=O)c2ccc(C)cc2)[C@]2(c3ccc(F)cc3)C=CC(=O)C[C@H]12. The first-order valence-electron chi connectivity index (χ1n) is 9.01. The van der Waals surface area contributed by atoms with Gasteiger partial charge in [0.2, 0.25) is 0 Å². The van der Waals surface area contributed by atoms with Gasteiger partial charge in [0.1, 0.15) is 11.4 Å². The Bertz CT molecular complexity index is 1170. The van der Waals surface area contributed by atoms with Gasteiger partial charge in [0, 0.05) is 17.9 Å². The van der Waals surface area contributed by atoms with Gasteiger partial charge >= 0.3 is 0 Å². The van der Waals surface area contributed by atoms with E-state index >= 15 is 0 Å². The van der Waals surface area contributed by atoms with E-state index in [0.29, 0.717) is 5.56 Å². The molecular weight excluding hydrogens is 393 g/mol. The number of carbonyl (C=O) groups is 2. The predicted octanol–water partition coefficient (Wildman–Crippen LogP) is 3.26. The minimum absolute atomic E-state index is 0.0442. The molecule has 2 aliphatic rings. The molecule has 0 N–H and O–H groups in total. The van der Waals surface area contributed by atoms with Crippen LogP contribution in [0.2, 0.25) is 0 Å². The van der Waals surface area contributed by atoms with E-state index in [1.807, 2.05) is 6.92 Å². The summed E-state index contributed by atoms with van der Waals surface area (Å²) in [5.74, 6) is -2.25. The van der Waals surface area contributed by atoms with Crippen LogP contribution in [0, 0.1) is 18.7 Å². The Morgan fingerprint density at radius 1 is 1.07 bits per heavy atom. The van der Waals surface area contributed by atoms with Gasteiger partial charge in [-0.2, -0.15) is 0 Å². The monoisotopic (exact) mass is 411 g/mol. The number of hydrogen-bond acceptors (Lipinski definition) is 4. The molecule has 0 unspecified atom stereocenters. The molecule has 2 atom stereocenters. The van der Waals surface area contributed by atoms with E-state index in [1.54, 1.807) is 12.1 Å². The smallest absolute Gasteiger partial charge is 0.267 e. The van der Waals surface area contributed by atoms with Crippen LogP contribution in [0.5, 0.6) is 0 Å². The summed E-state index contributed by atoms with van der Waals surface area (Å²) < 4.78 is 41.5. The summed E-state index contributed by atoms with van der Waals surface area (Å²) in [6.45, 7) is 5.62. The second-order valence-electron chi connectivity index (χ2n) is 7.30. The van der Waals surface area contributed by atoms with E-state index in [4.69, 9.17) is 0 Å². The van der Waals surface area contributed by atoms with E-state index in [1.165, 1.54) is 48.6 Å². The molecule has 5 nitrogen and oxygen atoms in total. The minimum Gasteiger partial charge on any atom is -0.295 e. The van der Waals surface area contributed by atoms with Crippen LogP contribution in [0.4, 0.5) is 4.39 Å². The van der Waals surface area contributed by atoms with Crippen molar-refractivity contribution in [3.63, 3.8) is 0 Å². The molecule has 1 aliphatic heterocycles. The van der Waals surface area contributed by atoms with Crippen molar-refractivity contribution in [3.05, 3.63) is 89.8 Å². The fraction of sp³-hybridized carbons (Fsp3) is 0.182. The maximum Gasteiger partial charge on any atom is 0.267 e. The number of hydrogen-bond donors (Lipinski definition) is 0. The van der Waals surface area contributed by atoms with Gasteiger partial charge in [-0.15, -0.1) is 0 Å². The van der Waals surface area contributed by atoms with E-state index < -0.39 is 33.2 Å². The van der Waals surface area contributed by atoms with Gasteiger partial charge in [-0.05, 0) is 48.9 Å². The second kappa shape index (κ2) is 6.49. The quantitative estimate of drug-likeness (QED) is 0.727. The van der Waals surface area contributed by atoms with Crippen LogP contribution in [0.25, 0.3) is 0 Å². The fourth-order valence-corrected chi connectivity index (χ4v) is 5.78. The van der Waals surface area contributed by atoms with Gasteiger partial charge < -0.3 is 0 Å². The number of nitrogens with zero attached hydrogens (tertiary/aromatic N) is 1. The maximum atomic E-state index is 13.6. The van der Waals surface area contributed by atoms with Crippen LogP contribution in [-0.4, -0.2) is 24.4 Å². The van der Waals surface area contributed by atoms with Crippen molar-refractivity contribution in [3.8, 4) is 0 Å². The molecule has 4 rings (SSSR count). The highest BCUT2D eigenvalue weighted by Crippen LogP contribution is 2.53. The highest BCUT2D eigenvalue weighted by atomic mass is 32.2. The average molecular weight is 411 g/mol. The van der Waals surface area contributed by atoms with Gasteiger partial charge in [0.05, 0.1) is 4.90 Å². The number of rotatable bonds is 3. The van der Waals surface area contributed by atoms with Gasteiger partial charge in [-0.25, -0.2) is 17.1 Å². The standard InChI is InChI=1S/C22H18FNO4S/c1-14-3-9-19(10-4-14)29(27,28)24-21(26)15(2)20-13-18(25)11-12-22(20,24)16-5-7-17(23)8-6-16/h3-12,20H,2,13H2,1H3/t20-,22+/m1/s1. The third-order valence-corrected chi connectivity index (χ3v) is 7.36. The summed E-state index contributed by atoms with van der Waals surface area (Å²) in [4.78, 5) is 25.2. The lowest BCUT2D eigenvalue weighted by Gasteiger charge is -2.40. The fourth-order valence-electron chi connectivity index (χ4n) is 4.06. The summed E-state index contributed by atoms with van der Waals surface area (Å²) in [6, 6.07) is 11.4. The van der Waals surface area contributed by atoms with Crippen LogP contribution in [-0.2, 0) is 25.2 Å². The lowest BCUT2D eigenvalue weighted by atomic mass is 9.72. The molecule has 0 radical (unpaired) electrons. The van der Waals surface area contributed by atoms with Gasteiger partial charge in [0.15, 0.2) is 5.78 Å². The molecule has 7 heteroatoms. The zero-order valence-corrected chi connectivity index (χ0v) is 16.4. The lowest BCUT2D eigenvalue weighted by molar-refractivity contribution is -0.123. The molecule has 0 saturated carbocycles. The molecule has 1 amide bonds. The molecule has 1 heterocycles. The number of amides is 1. The van der Waals surface area contributed by atoms with Crippen molar-refractivity contribution >= 4 is 21.7 Å². The second-order valence-corrected chi connectivity index (χ2v) is 9.09. The van der Waals surface area contributed by atoms with Crippen LogP contribution < -0.4 is 0 Å². The Morgan fingerprint density at radius 3 is 2.31 bits per heavy atom. The first-order valence-corrected chi connectivity index (χ1v) is 10.5. The summed E-state index contributed by atoms with van der Waals surface area (Å²) in [5.41, 5.74) is -0.159. The van der Waals surface area contributed by atoms with E-state index in [9.17, 15) is 22.4 Å². The molecule has 2 aromatic carbocycles. The van der Waals surface area contributed by atoms with Crippen molar-refractivity contribution in [2.45, 2.75) is 23.8 Å². The zero-order valence-electron chi connectivity index (χ0n) is 15.6. The molecule has 1 fully saturated rings. The molecule has 148 valence electrons. The van der Waals surface area contributed by atoms with E-state index in [2.05, 4.69) is 6.58 Å². The molecule has 29 heavy (non-hydrogen) atoms. The number of halogens is 1. The normalized spacial score (nSPS) is 24.1. The van der Waals surface area contributed by atoms with Crippen LogP contribution in [0.15, 0.2) is 77.7 Å². The van der Waals surface area contributed by atoms with Gasteiger partial charge in [-0.3, -0.25) is 9.59 Å². The van der Waals surface area contributed by atoms with Crippen LogP contribution in [0.1, 0.15) is 17.5 Å². The van der Waals surface area contributed by atoms with E-state index in [-0.39, 0.29) is 22.7 Å². The Kier molecular flexibility index (Phi) is 4.31. The number of aryl methyl sites for hydroxylation is 1. The summed E-state index contributed by atoms with van der Waals surface area (Å²) >= 11 is 0. The molecule has 2 aromatic rings. The summed E-state index contributed by atoms with van der Waals surface area (Å²) in [5, 5.41) is 0. The number of sulfonamides is 1. The van der Waals surface area contributed by atoms with Crippen molar-refractivity contribution < 1.29 is 22.4 Å². The largest absolute Gasteiger partial charge is 0.295 e. The number of fused-ring (bicyclic) bond motifs is 1. The maximum absolute atomic E-state index is 13.6. The number of carbonyl (C=O) groups excluding carboxylic acids is 2. The van der Waals surface area contributed by atoms with Crippen molar-refractivity contribution in [1.82, 2.24) is 4.31 Å². The Balaban J connectivity index is 2.00. The number of allylic oxidation sites excluding steroid dienone is 1. The molecule has 1 saturated heterocycles. The molecule has 0 spiro atoms. The molecule has 0 bridgehead atoms. The highest BCUT2D eigenvalue weighted by Gasteiger charge is 2.60. The van der Waals surface area contributed by atoms with E-state index in [0.717, 1.165) is 9.87 Å². The average Bonchev–Trinajstić information content (AvgIpc) is 2.91. The lowest BCUT2D eigenvalue weighted by Crippen LogP contribution is -2.50. The van der Waals surface area contributed by atoms with Crippen LogP contribution >= 0.6 is 0 Å². The molecule has 1 aliphatic carbocycles. The van der Waals surface area contributed by atoms with Gasteiger partial charge in [-0.1, -0.05) is 36.4 Å². The third kappa shape index (κ3) is 2.76. The highest BCUT2D eigenvalue weighted by molar-refractivity contribution is 7.89. The molecular formula is C22H18FNO4S. The minimum atomic E-state index is -4.28.